The van der Waals surface area contributed by atoms with E-state index >= 15 is 0 Å². The molecular weight excluding hydrogens is 356 g/mol. The van der Waals surface area contributed by atoms with E-state index in [0.717, 1.165) is 5.56 Å². The third kappa shape index (κ3) is 3.47. The van der Waals surface area contributed by atoms with E-state index in [0.29, 0.717) is 28.3 Å². The van der Waals surface area contributed by atoms with E-state index in [1.165, 1.54) is 11.8 Å². The van der Waals surface area contributed by atoms with Crippen LogP contribution in [-0.2, 0) is 4.79 Å². The van der Waals surface area contributed by atoms with Gasteiger partial charge in [-0.1, -0.05) is 11.8 Å². The van der Waals surface area contributed by atoms with Crippen molar-refractivity contribution in [2.45, 2.75) is 17.4 Å². The van der Waals surface area contributed by atoms with Gasteiger partial charge in [-0.05, 0) is 31.2 Å². The second kappa shape index (κ2) is 7.04. The lowest BCUT2D eigenvalue weighted by Crippen LogP contribution is -2.22. The molecule has 8 nitrogen and oxygen atoms in total. The zero-order valence-corrected chi connectivity index (χ0v) is 14.5. The van der Waals surface area contributed by atoms with Crippen molar-refractivity contribution in [1.29, 1.82) is 0 Å². The van der Waals surface area contributed by atoms with Crippen molar-refractivity contribution in [3.05, 3.63) is 42.7 Å². The maximum absolute atomic E-state index is 12.4. The summed E-state index contributed by atoms with van der Waals surface area (Å²) in [5, 5.41) is 10.7. The molecule has 4 rings (SSSR count). The SMILES string of the molecule is C[C@H](Sc1nnc(-c2cccnc2)o1)C(=O)Nc1ccc2c(c1)OCO2. The number of carbonyl (C=O) groups excluding carboxylic acids is 1. The molecule has 0 unspecified atom stereocenters. The fraction of sp³-hybridized carbons (Fsp3) is 0.176. The largest absolute Gasteiger partial charge is 0.454 e. The molecule has 2 aromatic heterocycles. The van der Waals surface area contributed by atoms with Crippen LogP contribution in [0, 0.1) is 0 Å². The highest BCUT2D eigenvalue weighted by atomic mass is 32.2. The highest BCUT2D eigenvalue weighted by Crippen LogP contribution is 2.34. The average Bonchev–Trinajstić information content (AvgIpc) is 3.31. The van der Waals surface area contributed by atoms with E-state index in [2.05, 4.69) is 20.5 Å². The summed E-state index contributed by atoms with van der Waals surface area (Å²) < 4.78 is 16.1. The molecule has 1 amide bonds. The lowest BCUT2D eigenvalue weighted by Gasteiger charge is -2.10. The van der Waals surface area contributed by atoms with Crippen molar-refractivity contribution in [3.8, 4) is 23.0 Å². The first-order chi connectivity index (χ1) is 12.7. The summed E-state index contributed by atoms with van der Waals surface area (Å²) in [6.45, 7) is 1.95. The van der Waals surface area contributed by atoms with Crippen molar-refractivity contribution < 1.29 is 18.7 Å². The number of pyridine rings is 1. The lowest BCUT2D eigenvalue weighted by molar-refractivity contribution is -0.115. The Bertz CT molecular complexity index is 932. The number of carbonyl (C=O) groups is 1. The molecule has 1 N–H and O–H groups in total. The van der Waals surface area contributed by atoms with Crippen LogP contribution >= 0.6 is 11.8 Å². The average molecular weight is 370 g/mol. The third-order valence-corrected chi connectivity index (χ3v) is 4.54. The van der Waals surface area contributed by atoms with Crippen LogP contribution in [0.2, 0.25) is 0 Å². The highest BCUT2D eigenvalue weighted by Gasteiger charge is 2.20. The molecule has 0 saturated carbocycles. The van der Waals surface area contributed by atoms with Crippen LogP contribution in [0.4, 0.5) is 5.69 Å². The zero-order valence-electron chi connectivity index (χ0n) is 13.7. The number of thioether (sulfide) groups is 1. The predicted molar refractivity (Wildman–Crippen MR) is 94.0 cm³/mol. The summed E-state index contributed by atoms with van der Waals surface area (Å²) in [5.41, 5.74) is 1.36. The molecule has 26 heavy (non-hydrogen) atoms. The Morgan fingerprint density at radius 2 is 2.12 bits per heavy atom. The number of anilines is 1. The minimum absolute atomic E-state index is 0.185. The summed E-state index contributed by atoms with van der Waals surface area (Å²) in [4.78, 5) is 16.4. The number of hydrogen-bond donors (Lipinski definition) is 1. The van der Waals surface area contributed by atoms with Crippen LogP contribution in [-0.4, -0.2) is 33.1 Å². The van der Waals surface area contributed by atoms with E-state index in [9.17, 15) is 4.79 Å². The summed E-state index contributed by atoms with van der Waals surface area (Å²) in [6, 6.07) is 8.85. The number of fused-ring (bicyclic) bond motifs is 1. The monoisotopic (exact) mass is 370 g/mol. The van der Waals surface area contributed by atoms with Gasteiger partial charge in [0.15, 0.2) is 11.5 Å². The third-order valence-electron chi connectivity index (χ3n) is 3.60. The predicted octanol–water partition coefficient (Wildman–Crippen LogP) is 2.98. The summed E-state index contributed by atoms with van der Waals surface area (Å²) in [5.74, 6) is 1.46. The second-order valence-corrected chi connectivity index (χ2v) is 6.72. The van der Waals surface area contributed by atoms with Gasteiger partial charge in [0, 0.05) is 24.1 Å². The lowest BCUT2D eigenvalue weighted by atomic mass is 10.2. The Hall–Kier alpha value is -3.07. The number of nitrogens with one attached hydrogen (secondary N) is 1. The topological polar surface area (TPSA) is 99.4 Å². The molecule has 1 atom stereocenters. The van der Waals surface area contributed by atoms with Gasteiger partial charge in [0.2, 0.25) is 18.6 Å². The first-order valence-corrected chi connectivity index (χ1v) is 8.68. The minimum atomic E-state index is -0.428. The Balaban J connectivity index is 1.39. The number of ether oxygens (including phenoxy) is 2. The molecular formula is C17H14N4O4S. The van der Waals surface area contributed by atoms with Crippen LogP contribution in [0.3, 0.4) is 0 Å². The summed E-state index contributed by atoms with van der Waals surface area (Å²) in [7, 11) is 0. The van der Waals surface area contributed by atoms with Gasteiger partial charge in [0.05, 0.1) is 10.8 Å². The van der Waals surface area contributed by atoms with E-state index in [1.807, 2.05) is 6.07 Å². The molecule has 1 aliphatic heterocycles. The van der Waals surface area contributed by atoms with Gasteiger partial charge in [-0.3, -0.25) is 9.78 Å². The fourth-order valence-electron chi connectivity index (χ4n) is 2.29. The number of aromatic nitrogens is 3. The van der Waals surface area contributed by atoms with Crippen LogP contribution in [0.5, 0.6) is 11.5 Å². The molecule has 0 spiro atoms. The number of benzene rings is 1. The van der Waals surface area contributed by atoms with Crippen LogP contribution in [0.15, 0.2) is 52.4 Å². The van der Waals surface area contributed by atoms with Crippen molar-refractivity contribution in [2.24, 2.45) is 0 Å². The Morgan fingerprint density at radius 3 is 2.96 bits per heavy atom. The number of rotatable bonds is 5. The smallest absolute Gasteiger partial charge is 0.277 e. The molecule has 0 saturated heterocycles. The fourth-order valence-corrected chi connectivity index (χ4v) is 2.97. The molecule has 0 bridgehead atoms. The van der Waals surface area contributed by atoms with Crippen LogP contribution in [0.25, 0.3) is 11.5 Å². The molecule has 0 aliphatic carbocycles. The minimum Gasteiger partial charge on any atom is -0.454 e. The molecule has 0 radical (unpaired) electrons. The van der Waals surface area contributed by atoms with Crippen molar-refractivity contribution in [1.82, 2.24) is 15.2 Å². The molecule has 1 aromatic carbocycles. The van der Waals surface area contributed by atoms with E-state index in [4.69, 9.17) is 13.9 Å². The van der Waals surface area contributed by atoms with Crippen LogP contribution < -0.4 is 14.8 Å². The van der Waals surface area contributed by atoms with E-state index in [-0.39, 0.29) is 12.7 Å². The van der Waals surface area contributed by atoms with Crippen molar-refractivity contribution in [3.63, 3.8) is 0 Å². The van der Waals surface area contributed by atoms with Gasteiger partial charge in [0.25, 0.3) is 5.22 Å². The molecule has 1 aliphatic rings. The molecule has 3 aromatic rings. The van der Waals surface area contributed by atoms with E-state index in [1.54, 1.807) is 43.6 Å². The van der Waals surface area contributed by atoms with Gasteiger partial charge in [-0.2, -0.15) is 0 Å². The first kappa shape index (κ1) is 16.4. The molecule has 0 fully saturated rings. The van der Waals surface area contributed by atoms with Gasteiger partial charge in [0.1, 0.15) is 0 Å². The van der Waals surface area contributed by atoms with Gasteiger partial charge in [-0.15, -0.1) is 10.2 Å². The van der Waals surface area contributed by atoms with Crippen LogP contribution in [0.1, 0.15) is 6.92 Å². The second-order valence-electron chi connectivity index (χ2n) is 5.43. The molecule has 3 heterocycles. The quantitative estimate of drug-likeness (QED) is 0.684. The normalized spacial score (nSPS) is 13.4. The number of amides is 1. The number of hydrogen-bond acceptors (Lipinski definition) is 8. The van der Waals surface area contributed by atoms with Crippen molar-refractivity contribution in [2.75, 3.05) is 12.1 Å². The first-order valence-electron chi connectivity index (χ1n) is 7.80. The van der Waals surface area contributed by atoms with Gasteiger partial charge < -0.3 is 19.2 Å². The standard InChI is InChI=1S/C17H14N4O4S/c1-10(15(22)19-12-4-5-13-14(7-12)24-9-23-13)26-17-21-20-16(25-17)11-3-2-6-18-8-11/h2-8,10H,9H2,1H3,(H,19,22)/t10-/m0/s1. The summed E-state index contributed by atoms with van der Waals surface area (Å²) >= 11 is 1.18. The summed E-state index contributed by atoms with van der Waals surface area (Å²) in [6.07, 6.45) is 3.30. The Morgan fingerprint density at radius 1 is 1.23 bits per heavy atom. The van der Waals surface area contributed by atoms with E-state index < -0.39 is 5.25 Å². The maximum Gasteiger partial charge on any atom is 0.277 e. The highest BCUT2D eigenvalue weighted by molar-refractivity contribution is 8.00. The maximum atomic E-state index is 12.4. The molecule has 132 valence electrons. The molecule has 9 heteroatoms. The number of nitrogens with zero attached hydrogens (tertiary/aromatic N) is 3. The van der Waals surface area contributed by atoms with Crippen molar-refractivity contribution >= 4 is 23.4 Å². The Kier molecular flexibility index (Phi) is 4.44. The van der Waals surface area contributed by atoms with Gasteiger partial charge in [-0.25, -0.2) is 0 Å². The zero-order chi connectivity index (χ0) is 17.9. The van der Waals surface area contributed by atoms with Gasteiger partial charge >= 0.3 is 0 Å². The Labute approximate surface area is 152 Å².